The van der Waals surface area contributed by atoms with Gasteiger partial charge in [0, 0.05) is 38.8 Å². The van der Waals surface area contributed by atoms with Gasteiger partial charge in [0.25, 0.3) is 0 Å². The molecule has 0 aliphatic carbocycles. The van der Waals surface area contributed by atoms with Crippen molar-refractivity contribution in [3.8, 4) is 0 Å². The number of piperidine rings is 1. The van der Waals surface area contributed by atoms with Crippen LogP contribution in [0.25, 0.3) is 0 Å². The van der Waals surface area contributed by atoms with E-state index in [1.807, 2.05) is 6.20 Å². The van der Waals surface area contributed by atoms with Crippen LogP contribution < -0.4 is 5.32 Å². The summed E-state index contributed by atoms with van der Waals surface area (Å²) in [5.41, 5.74) is 1.54. The van der Waals surface area contributed by atoms with Crippen molar-refractivity contribution in [2.24, 2.45) is 13.0 Å². The second kappa shape index (κ2) is 7.04. The van der Waals surface area contributed by atoms with Crippen molar-refractivity contribution in [3.05, 3.63) is 53.6 Å². The zero-order chi connectivity index (χ0) is 18.0. The molecule has 1 aromatic carbocycles. The van der Waals surface area contributed by atoms with Crippen molar-refractivity contribution in [1.29, 1.82) is 0 Å². The summed E-state index contributed by atoms with van der Waals surface area (Å²) < 4.78 is 14.9. The number of benzene rings is 1. The van der Waals surface area contributed by atoms with Crippen LogP contribution in [0.15, 0.2) is 36.7 Å². The van der Waals surface area contributed by atoms with Crippen molar-refractivity contribution >= 4 is 11.8 Å². The molecule has 1 fully saturated rings. The Morgan fingerprint density at radius 2 is 2.20 bits per heavy atom. The van der Waals surface area contributed by atoms with Gasteiger partial charge in [-0.05, 0) is 24.1 Å². The van der Waals surface area contributed by atoms with Crippen LogP contribution in [-0.4, -0.2) is 33.5 Å². The first-order valence-electron chi connectivity index (χ1n) is 8.22. The van der Waals surface area contributed by atoms with Gasteiger partial charge in [0.2, 0.25) is 11.8 Å². The van der Waals surface area contributed by atoms with E-state index in [4.69, 9.17) is 0 Å². The average molecular weight is 344 g/mol. The number of halogens is 1. The number of nitrogens with zero attached hydrogens (tertiary/aromatic N) is 3. The van der Waals surface area contributed by atoms with Gasteiger partial charge in [0.15, 0.2) is 0 Å². The third kappa shape index (κ3) is 3.70. The maximum absolute atomic E-state index is 13.3. The molecule has 0 spiro atoms. The van der Waals surface area contributed by atoms with E-state index in [0.717, 1.165) is 5.56 Å². The van der Waals surface area contributed by atoms with Gasteiger partial charge < -0.3 is 10.2 Å². The maximum Gasteiger partial charge on any atom is 0.225 e. The van der Waals surface area contributed by atoms with Gasteiger partial charge in [0.1, 0.15) is 5.82 Å². The Bertz CT molecular complexity index is 789. The van der Waals surface area contributed by atoms with Gasteiger partial charge in [-0.3, -0.25) is 14.3 Å². The van der Waals surface area contributed by atoms with Crippen LogP contribution in [0.1, 0.15) is 30.0 Å². The minimum Gasteiger partial charge on any atom is -0.352 e. The number of aromatic nitrogens is 2. The third-order valence-electron chi connectivity index (χ3n) is 4.62. The van der Waals surface area contributed by atoms with Crippen molar-refractivity contribution < 1.29 is 14.0 Å². The smallest absolute Gasteiger partial charge is 0.225 e. The third-order valence-corrected chi connectivity index (χ3v) is 4.62. The number of nitrogens with one attached hydrogen (secondary N) is 1. The van der Waals surface area contributed by atoms with E-state index >= 15 is 0 Å². The number of hydrogen-bond acceptors (Lipinski definition) is 3. The largest absolute Gasteiger partial charge is 0.352 e. The quantitative estimate of drug-likeness (QED) is 0.919. The summed E-state index contributed by atoms with van der Waals surface area (Å²) >= 11 is 0. The minimum absolute atomic E-state index is 0.0167. The molecule has 3 rings (SSSR count). The van der Waals surface area contributed by atoms with Crippen molar-refractivity contribution in [2.45, 2.75) is 25.4 Å². The molecule has 132 valence electrons. The first-order valence-corrected chi connectivity index (χ1v) is 8.22. The summed E-state index contributed by atoms with van der Waals surface area (Å²) in [5.74, 6) is -0.816. The zero-order valence-corrected chi connectivity index (χ0v) is 14.3. The van der Waals surface area contributed by atoms with Gasteiger partial charge in [-0.15, -0.1) is 0 Å². The molecule has 1 N–H and O–H groups in total. The molecule has 2 aromatic rings. The zero-order valence-electron chi connectivity index (χ0n) is 14.3. The summed E-state index contributed by atoms with van der Waals surface area (Å²) in [6, 6.07) is 5.80. The van der Waals surface area contributed by atoms with Crippen LogP contribution in [0.2, 0.25) is 0 Å². The number of rotatable bonds is 4. The molecule has 0 saturated carbocycles. The summed E-state index contributed by atoms with van der Waals surface area (Å²) in [7, 11) is 3.51. The topological polar surface area (TPSA) is 67.2 Å². The Kier molecular flexibility index (Phi) is 4.83. The highest BCUT2D eigenvalue weighted by molar-refractivity contribution is 5.84. The number of carbonyl (C=O) groups is 2. The fraction of sp³-hybridized carbons (Fsp3) is 0.389. The highest BCUT2D eigenvalue weighted by Gasteiger charge is 2.39. The molecule has 2 atom stereocenters. The van der Waals surface area contributed by atoms with Crippen molar-refractivity contribution in [1.82, 2.24) is 20.0 Å². The van der Waals surface area contributed by atoms with Crippen LogP contribution in [0, 0.1) is 11.7 Å². The lowest BCUT2D eigenvalue weighted by Gasteiger charge is -2.37. The van der Waals surface area contributed by atoms with Gasteiger partial charge >= 0.3 is 0 Å². The average Bonchev–Trinajstić information content (AvgIpc) is 3.01. The van der Waals surface area contributed by atoms with Crippen LogP contribution in [-0.2, 0) is 23.2 Å². The second-order valence-corrected chi connectivity index (χ2v) is 6.39. The molecule has 7 heteroatoms. The standard InChI is InChI=1S/C18H21FN4O2/c1-22-11-13(10-21-22)17-15(6-7-16(24)23(17)2)18(25)20-9-12-4-3-5-14(19)8-12/h3-5,8,10-11,15,17H,6-7,9H2,1-2H3,(H,20,25)/t15-,17+/m1/s1. The van der Waals surface area contributed by atoms with Gasteiger partial charge in [0.05, 0.1) is 18.2 Å². The lowest BCUT2D eigenvalue weighted by atomic mass is 9.85. The Labute approximate surface area is 145 Å². The number of likely N-dealkylation sites (tertiary alicyclic amines) is 1. The summed E-state index contributed by atoms with van der Waals surface area (Å²) in [4.78, 5) is 26.4. The van der Waals surface area contributed by atoms with E-state index < -0.39 is 0 Å². The molecule has 1 aliphatic heterocycles. The Morgan fingerprint density at radius 1 is 1.40 bits per heavy atom. The monoisotopic (exact) mass is 344 g/mol. The molecule has 6 nitrogen and oxygen atoms in total. The van der Waals surface area contributed by atoms with Crippen LogP contribution >= 0.6 is 0 Å². The van der Waals surface area contributed by atoms with Crippen LogP contribution in [0.4, 0.5) is 4.39 Å². The fourth-order valence-electron chi connectivity index (χ4n) is 3.33. The number of hydrogen-bond donors (Lipinski definition) is 1. The first-order chi connectivity index (χ1) is 12.0. The lowest BCUT2D eigenvalue weighted by molar-refractivity contribution is -0.141. The maximum atomic E-state index is 13.3. The summed E-state index contributed by atoms with van der Waals surface area (Å²) in [6.45, 7) is 0.254. The molecule has 0 radical (unpaired) electrons. The predicted octanol–water partition coefficient (Wildman–Crippen LogP) is 1.79. The van der Waals surface area contributed by atoms with Gasteiger partial charge in [-0.1, -0.05) is 12.1 Å². The van der Waals surface area contributed by atoms with E-state index in [9.17, 15) is 14.0 Å². The Morgan fingerprint density at radius 3 is 2.88 bits per heavy atom. The lowest BCUT2D eigenvalue weighted by Crippen LogP contribution is -2.46. The van der Waals surface area contributed by atoms with Crippen molar-refractivity contribution in [3.63, 3.8) is 0 Å². The molecular formula is C18H21FN4O2. The highest BCUT2D eigenvalue weighted by atomic mass is 19.1. The van der Waals surface area contributed by atoms with Gasteiger partial charge in [-0.25, -0.2) is 4.39 Å². The molecule has 1 aromatic heterocycles. The van der Waals surface area contributed by atoms with Crippen LogP contribution in [0.3, 0.4) is 0 Å². The Hall–Kier alpha value is -2.70. The first kappa shape index (κ1) is 17.1. The van der Waals surface area contributed by atoms with E-state index in [1.54, 1.807) is 42.0 Å². The Balaban J connectivity index is 1.75. The van der Waals surface area contributed by atoms with E-state index in [1.165, 1.54) is 12.1 Å². The molecule has 1 aliphatic rings. The SMILES string of the molecule is CN1C(=O)CC[C@@H](C(=O)NCc2cccc(F)c2)[C@@H]1c1cnn(C)c1. The molecule has 25 heavy (non-hydrogen) atoms. The second-order valence-electron chi connectivity index (χ2n) is 6.39. The molecular weight excluding hydrogens is 323 g/mol. The predicted molar refractivity (Wildman–Crippen MR) is 89.7 cm³/mol. The normalized spacial score (nSPS) is 20.6. The molecule has 2 heterocycles. The molecule has 0 bridgehead atoms. The number of amides is 2. The highest BCUT2D eigenvalue weighted by Crippen LogP contribution is 2.35. The van der Waals surface area contributed by atoms with E-state index in [-0.39, 0.29) is 36.1 Å². The fourth-order valence-corrected chi connectivity index (χ4v) is 3.33. The summed E-state index contributed by atoms with van der Waals surface area (Å²) in [6.07, 6.45) is 4.34. The summed E-state index contributed by atoms with van der Waals surface area (Å²) in [5, 5.41) is 7.02. The van der Waals surface area contributed by atoms with E-state index in [2.05, 4.69) is 10.4 Å². The van der Waals surface area contributed by atoms with Crippen LogP contribution in [0.5, 0.6) is 0 Å². The van der Waals surface area contributed by atoms with Crippen molar-refractivity contribution in [2.75, 3.05) is 7.05 Å². The molecule has 2 amide bonds. The number of carbonyl (C=O) groups excluding carboxylic acids is 2. The van der Waals surface area contributed by atoms with Gasteiger partial charge in [-0.2, -0.15) is 5.10 Å². The molecule has 1 saturated heterocycles. The minimum atomic E-state index is -0.361. The molecule has 0 unspecified atom stereocenters. The van der Waals surface area contributed by atoms with E-state index in [0.29, 0.717) is 18.4 Å². The number of aryl methyl sites for hydroxylation is 1.